The summed E-state index contributed by atoms with van der Waals surface area (Å²) in [5, 5.41) is 4.70. The summed E-state index contributed by atoms with van der Waals surface area (Å²) in [4.78, 5) is 50.5. The van der Waals surface area contributed by atoms with Crippen LogP contribution in [0.4, 0.5) is 14.9 Å². The van der Waals surface area contributed by atoms with Gasteiger partial charge in [0.2, 0.25) is 0 Å². The van der Waals surface area contributed by atoms with E-state index in [-0.39, 0.29) is 28.6 Å². The molecule has 0 spiro atoms. The lowest BCUT2D eigenvalue weighted by atomic mass is 10.1. The van der Waals surface area contributed by atoms with E-state index in [1.54, 1.807) is 12.1 Å². The van der Waals surface area contributed by atoms with E-state index in [0.717, 1.165) is 4.90 Å². The molecule has 0 saturated carbocycles. The maximum absolute atomic E-state index is 13.0. The molecule has 1 aromatic heterocycles. The fourth-order valence-electron chi connectivity index (χ4n) is 3.39. The average molecular weight is 528 g/mol. The zero-order valence-electron chi connectivity index (χ0n) is 19.2. The molecule has 1 aliphatic rings. The van der Waals surface area contributed by atoms with Gasteiger partial charge in [-0.25, -0.2) is 9.18 Å². The fraction of sp³-hybridized carbons (Fsp3) is 0.120. The molecular formula is C25H19ClFN3O7. The molecule has 5 amide bonds. The molecule has 1 fully saturated rings. The van der Waals surface area contributed by atoms with Gasteiger partial charge < -0.3 is 19.2 Å². The van der Waals surface area contributed by atoms with Crippen LogP contribution in [-0.2, 0) is 20.9 Å². The standard InChI is InChI=1S/C25H19ClFN3O7/c1-35-20-11-14(9-18-23(32)29-25(34)30(24(18)33)12-17-3-2-8-36-17)10-19(26)22(20)37-13-21(31)28-16-6-4-15(27)5-7-16/h2-11H,12-13H2,1H3,(H,28,31)(H,29,32,34)/b18-9+. The van der Waals surface area contributed by atoms with Gasteiger partial charge in [0.1, 0.15) is 17.2 Å². The van der Waals surface area contributed by atoms with Crippen LogP contribution in [0.5, 0.6) is 11.5 Å². The number of carbonyl (C=O) groups excluding carboxylic acids is 4. The zero-order valence-corrected chi connectivity index (χ0v) is 20.0. The van der Waals surface area contributed by atoms with Crippen LogP contribution in [0.25, 0.3) is 6.08 Å². The Hall–Kier alpha value is -4.64. The maximum atomic E-state index is 13.0. The summed E-state index contributed by atoms with van der Waals surface area (Å²) in [6.45, 7) is -0.599. The first-order valence-corrected chi connectivity index (χ1v) is 11.1. The molecule has 1 saturated heterocycles. The van der Waals surface area contributed by atoms with Gasteiger partial charge in [-0.3, -0.25) is 24.6 Å². The number of nitrogens with zero attached hydrogens (tertiary/aromatic N) is 1. The first-order valence-electron chi connectivity index (χ1n) is 10.7. The number of furan rings is 1. The minimum Gasteiger partial charge on any atom is -0.493 e. The first-order chi connectivity index (χ1) is 17.7. The second-order valence-corrected chi connectivity index (χ2v) is 8.07. The monoisotopic (exact) mass is 527 g/mol. The van der Waals surface area contributed by atoms with E-state index < -0.39 is 36.2 Å². The number of imide groups is 2. The van der Waals surface area contributed by atoms with Crippen molar-refractivity contribution < 1.29 is 37.5 Å². The van der Waals surface area contributed by atoms with E-state index in [4.69, 9.17) is 25.5 Å². The Labute approximate surface area is 214 Å². The molecule has 4 rings (SSSR count). The second-order valence-electron chi connectivity index (χ2n) is 7.67. The van der Waals surface area contributed by atoms with Gasteiger partial charge in [-0.2, -0.15) is 0 Å². The Morgan fingerprint density at radius 3 is 2.62 bits per heavy atom. The molecule has 37 heavy (non-hydrogen) atoms. The van der Waals surface area contributed by atoms with E-state index in [1.807, 2.05) is 0 Å². The van der Waals surface area contributed by atoms with Gasteiger partial charge in [-0.15, -0.1) is 0 Å². The minimum absolute atomic E-state index is 0.0352. The molecular weight excluding hydrogens is 509 g/mol. The maximum Gasteiger partial charge on any atom is 0.331 e. The number of amides is 5. The summed E-state index contributed by atoms with van der Waals surface area (Å²) in [5.74, 6) is -2.13. The molecule has 0 unspecified atom stereocenters. The molecule has 2 heterocycles. The lowest BCUT2D eigenvalue weighted by Crippen LogP contribution is -2.53. The van der Waals surface area contributed by atoms with Crippen molar-refractivity contribution in [3.63, 3.8) is 0 Å². The molecule has 12 heteroatoms. The highest BCUT2D eigenvalue weighted by Gasteiger charge is 2.36. The molecule has 0 radical (unpaired) electrons. The molecule has 2 aromatic carbocycles. The smallest absolute Gasteiger partial charge is 0.331 e. The zero-order chi connectivity index (χ0) is 26.5. The lowest BCUT2D eigenvalue weighted by Gasteiger charge is -2.25. The van der Waals surface area contributed by atoms with Crippen LogP contribution in [0.3, 0.4) is 0 Å². The lowest BCUT2D eigenvalue weighted by molar-refractivity contribution is -0.130. The molecule has 1 aliphatic heterocycles. The summed E-state index contributed by atoms with van der Waals surface area (Å²) in [7, 11) is 1.34. The van der Waals surface area contributed by atoms with Crippen molar-refractivity contribution in [2.75, 3.05) is 19.0 Å². The van der Waals surface area contributed by atoms with E-state index in [1.165, 1.54) is 55.8 Å². The number of methoxy groups -OCH3 is 1. The number of halogens is 2. The summed E-state index contributed by atoms with van der Waals surface area (Å²) in [6, 6.07) is 10.4. The summed E-state index contributed by atoms with van der Waals surface area (Å²) >= 11 is 6.34. The van der Waals surface area contributed by atoms with Crippen molar-refractivity contribution in [3.05, 3.63) is 82.5 Å². The number of barbiturate groups is 1. The molecule has 0 aliphatic carbocycles. The number of ether oxygens (including phenoxy) is 2. The van der Waals surface area contributed by atoms with Crippen LogP contribution in [0.1, 0.15) is 11.3 Å². The highest BCUT2D eigenvalue weighted by atomic mass is 35.5. The van der Waals surface area contributed by atoms with E-state index in [2.05, 4.69) is 10.6 Å². The minimum atomic E-state index is -0.876. The van der Waals surface area contributed by atoms with Gasteiger partial charge in [0.05, 0.1) is 24.9 Å². The Balaban J connectivity index is 1.51. The van der Waals surface area contributed by atoms with Crippen LogP contribution in [0.15, 0.2) is 64.8 Å². The van der Waals surface area contributed by atoms with Crippen LogP contribution in [0, 0.1) is 5.82 Å². The largest absolute Gasteiger partial charge is 0.493 e. The van der Waals surface area contributed by atoms with Crippen LogP contribution in [-0.4, -0.2) is 42.4 Å². The van der Waals surface area contributed by atoms with E-state index in [9.17, 15) is 23.6 Å². The van der Waals surface area contributed by atoms with Gasteiger partial charge >= 0.3 is 6.03 Å². The Kier molecular flexibility index (Phi) is 7.54. The van der Waals surface area contributed by atoms with Crippen molar-refractivity contribution in [1.82, 2.24) is 10.2 Å². The number of hydrogen-bond donors (Lipinski definition) is 2. The number of carbonyl (C=O) groups is 4. The van der Waals surface area contributed by atoms with Gasteiger partial charge in [-0.05, 0) is 60.2 Å². The number of anilines is 1. The Morgan fingerprint density at radius 2 is 1.95 bits per heavy atom. The van der Waals surface area contributed by atoms with Gasteiger partial charge in [0.15, 0.2) is 18.1 Å². The van der Waals surface area contributed by atoms with Crippen molar-refractivity contribution in [2.45, 2.75) is 6.54 Å². The normalized spacial score (nSPS) is 14.5. The van der Waals surface area contributed by atoms with Crippen molar-refractivity contribution in [1.29, 1.82) is 0 Å². The number of rotatable bonds is 8. The topological polar surface area (TPSA) is 127 Å². The Bertz CT molecular complexity index is 1390. The molecule has 190 valence electrons. The Morgan fingerprint density at radius 1 is 1.19 bits per heavy atom. The number of hydrogen-bond acceptors (Lipinski definition) is 7. The van der Waals surface area contributed by atoms with Crippen molar-refractivity contribution in [3.8, 4) is 11.5 Å². The molecule has 0 bridgehead atoms. The number of benzene rings is 2. The van der Waals surface area contributed by atoms with Crippen molar-refractivity contribution >= 4 is 47.1 Å². The SMILES string of the molecule is COc1cc(/C=C2\C(=O)NC(=O)N(Cc3ccco3)C2=O)cc(Cl)c1OCC(=O)Nc1ccc(F)cc1. The van der Waals surface area contributed by atoms with Gasteiger partial charge in [0, 0.05) is 5.69 Å². The van der Waals surface area contributed by atoms with Gasteiger partial charge in [0.25, 0.3) is 17.7 Å². The third-order valence-corrected chi connectivity index (χ3v) is 5.40. The van der Waals surface area contributed by atoms with Crippen LogP contribution in [0.2, 0.25) is 5.02 Å². The summed E-state index contributed by atoms with van der Waals surface area (Å²) in [6.07, 6.45) is 2.65. The van der Waals surface area contributed by atoms with E-state index in [0.29, 0.717) is 17.0 Å². The first kappa shape index (κ1) is 25.5. The number of urea groups is 1. The fourth-order valence-corrected chi connectivity index (χ4v) is 3.67. The third kappa shape index (κ3) is 5.96. The average Bonchev–Trinajstić information content (AvgIpc) is 3.38. The predicted molar refractivity (Wildman–Crippen MR) is 129 cm³/mol. The van der Waals surface area contributed by atoms with Gasteiger partial charge in [-0.1, -0.05) is 11.6 Å². The third-order valence-electron chi connectivity index (χ3n) is 5.12. The summed E-state index contributed by atoms with van der Waals surface area (Å²) < 4.78 is 29.0. The molecule has 3 aromatic rings. The quantitative estimate of drug-likeness (QED) is 0.337. The molecule has 10 nitrogen and oxygen atoms in total. The highest BCUT2D eigenvalue weighted by Crippen LogP contribution is 2.37. The van der Waals surface area contributed by atoms with Crippen molar-refractivity contribution in [2.24, 2.45) is 0 Å². The number of nitrogens with one attached hydrogen (secondary N) is 2. The molecule has 2 N–H and O–H groups in total. The van der Waals surface area contributed by atoms with E-state index >= 15 is 0 Å². The van der Waals surface area contributed by atoms with Crippen LogP contribution >= 0.6 is 11.6 Å². The second kappa shape index (κ2) is 11.0. The highest BCUT2D eigenvalue weighted by molar-refractivity contribution is 6.33. The van der Waals surface area contributed by atoms with Crippen LogP contribution < -0.4 is 20.1 Å². The summed E-state index contributed by atoms with van der Waals surface area (Å²) in [5.41, 5.74) is 0.373. The molecule has 0 atom stereocenters. The predicted octanol–water partition coefficient (Wildman–Crippen LogP) is 3.76.